The molecule has 0 bridgehead atoms. The number of anilines is 1. The van der Waals surface area contributed by atoms with E-state index in [1.165, 1.54) is 11.8 Å². The van der Waals surface area contributed by atoms with Crippen molar-refractivity contribution in [3.8, 4) is 28.3 Å². The third-order valence-corrected chi connectivity index (χ3v) is 5.93. The van der Waals surface area contributed by atoms with Gasteiger partial charge in [0.1, 0.15) is 17.1 Å². The fraction of sp³-hybridized carbons (Fsp3) is 0.0833. The van der Waals surface area contributed by atoms with Crippen molar-refractivity contribution in [1.29, 1.82) is 0 Å². The number of carbonyl (C=O) groups is 1. The lowest BCUT2D eigenvalue weighted by molar-refractivity contribution is -0.113. The smallest absolute Gasteiger partial charge is 0.234 e. The van der Waals surface area contributed by atoms with Crippen molar-refractivity contribution in [2.45, 2.75) is 5.16 Å². The molecule has 0 spiro atoms. The monoisotopic (exact) mass is 496 g/mol. The Balaban J connectivity index is 1.56. The molecule has 0 unspecified atom stereocenters. The van der Waals surface area contributed by atoms with E-state index in [9.17, 15) is 4.79 Å². The molecule has 0 fully saturated rings. The number of nitrogens with zero attached hydrogens (tertiary/aromatic N) is 3. The predicted molar refractivity (Wildman–Crippen MR) is 133 cm³/mol. The minimum atomic E-state index is -0.188. The highest BCUT2D eigenvalue weighted by Crippen LogP contribution is 2.31. The normalized spacial score (nSPS) is 10.6. The van der Waals surface area contributed by atoms with E-state index >= 15 is 0 Å². The molecule has 1 N–H and O–H groups in total. The maximum atomic E-state index is 12.4. The minimum Gasteiger partial charge on any atom is -0.497 e. The number of thioether (sulfide) groups is 1. The maximum absolute atomic E-state index is 12.4. The van der Waals surface area contributed by atoms with Crippen LogP contribution in [0.25, 0.3) is 22.5 Å². The summed E-state index contributed by atoms with van der Waals surface area (Å²) in [7, 11) is 1.58. The highest BCUT2D eigenvalue weighted by atomic mass is 35.5. The Morgan fingerprint density at radius 3 is 2.18 bits per heavy atom. The van der Waals surface area contributed by atoms with E-state index in [4.69, 9.17) is 32.9 Å². The van der Waals surface area contributed by atoms with Gasteiger partial charge in [-0.25, -0.2) is 4.98 Å². The molecule has 166 valence electrons. The van der Waals surface area contributed by atoms with Crippen molar-refractivity contribution in [2.75, 3.05) is 18.2 Å². The van der Waals surface area contributed by atoms with Gasteiger partial charge in [0.05, 0.1) is 12.9 Å². The summed E-state index contributed by atoms with van der Waals surface area (Å²) in [5.74, 6) is 0.601. The summed E-state index contributed by atoms with van der Waals surface area (Å²) in [4.78, 5) is 17.1. The van der Waals surface area contributed by atoms with Crippen LogP contribution in [0.2, 0.25) is 10.0 Å². The molecule has 3 aromatic carbocycles. The first-order valence-corrected chi connectivity index (χ1v) is 11.6. The maximum Gasteiger partial charge on any atom is 0.234 e. The van der Waals surface area contributed by atoms with E-state index in [2.05, 4.69) is 15.5 Å². The summed E-state index contributed by atoms with van der Waals surface area (Å²) in [6, 6.07) is 21.8. The van der Waals surface area contributed by atoms with Crippen molar-refractivity contribution in [2.24, 2.45) is 0 Å². The Morgan fingerprint density at radius 2 is 1.55 bits per heavy atom. The Kier molecular flexibility index (Phi) is 7.44. The molecule has 1 amide bonds. The zero-order chi connectivity index (χ0) is 23.2. The molecule has 4 aromatic rings. The zero-order valence-electron chi connectivity index (χ0n) is 17.5. The topological polar surface area (TPSA) is 77.0 Å². The lowest BCUT2D eigenvalue weighted by atomic mass is 10.0. The number of amides is 1. The van der Waals surface area contributed by atoms with Crippen LogP contribution in [0.3, 0.4) is 0 Å². The number of ether oxygens (including phenoxy) is 1. The molecule has 0 aliphatic rings. The minimum absolute atomic E-state index is 0.124. The molecule has 6 nitrogen and oxygen atoms in total. The van der Waals surface area contributed by atoms with E-state index in [0.717, 1.165) is 11.1 Å². The molecule has 0 aliphatic heterocycles. The lowest BCUT2D eigenvalue weighted by Gasteiger charge is -2.10. The summed E-state index contributed by atoms with van der Waals surface area (Å²) in [5, 5.41) is 13.1. The molecule has 0 radical (unpaired) electrons. The van der Waals surface area contributed by atoms with Crippen LogP contribution in [-0.2, 0) is 4.79 Å². The van der Waals surface area contributed by atoms with Crippen molar-refractivity contribution in [3.05, 3.63) is 82.8 Å². The fourth-order valence-corrected chi connectivity index (χ4v) is 3.85. The molecule has 1 aromatic heterocycles. The molecule has 0 saturated heterocycles. The molecule has 33 heavy (non-hydrogen) atoms. The standard InChI is InChI=1S/C24H18Cl2N4O2S/c1-32-20-4-2-3-19(13-20)27-21(31)14-33-24-28-22(15-5-9-17(25)10-6-15)23(29-30-24)16-7-11-18(26)12-8-16/h2-13H,14H2,1H3,(H,27,31). The number of hydrogen-bond acceptors (Lipinski definition) is 6. The largest absolute Gasteiger partial charge is 0.497 e. The van der Waals surface area contributed by atoms with Gasteiger partial charge in [0, 0.05) is 32.9 Å². The molecule has 0 aliphatic carbocycles. The number of benzene rings is 3. The second-order valence-electron chi connectivity index (χ2n) is 6.87. The zero-order valence-corrected chi connectivity index (χ0v) is 19.8. The Hall–Kier alpha value is -3.13. The molecule has 4 rings (SSSR count). The van der Waals surface area contributed by atoms with Crippen LogP contribution >= 0.6 is 35.0 Å². The van der Waals surface area contributed by atoms with Gasteiger partial charge >= 0.3 is 0 Å². The number of halogens is 2. The summed E-state index contributed by atoms with van der Waals surface area (Å²) in [5.41, 5.74) is 3.57. The number of carbonyl (C=O) groups excluding carboxylic acids is 1. The quantitative estimate of drug-likeness (QED) is 0.304. The summed E-state index contributed by atoms with van der Waals surface area (Å²) in [6.07, 6.45) is 0. The van der Waals surface area contributed by atoms with E-state index < -0.39 is 0 Å². The number of methoxy groups -OCH3 is 1. The van der Waals surface area contributed by atoms with E-state index in [-0.39, 0.29) is 11.7 Å². The van der Waals surface area contributed by atoms with Gasteiger partial charge in [0.2, 0.25) is 11.1 Å². The Bertz CT molecular complexity index is 1270. The first kappa shape index (κ1) is 23.0. The predicted octanol–water partition coefficient (Wildman–Crippen LogP) is 6.25. The van der Waals surface area contributed by atoms with Gasteiger partial charge in [-0.3, -0.25) is 4.79 Å². The lowest BCUT2D eigenvalue weighted by Crippen LogP contribution is -2.14. The van der Waals surface area contributed by atoms with Crippen LogP contribution in [0.1, 0.15) is 0 Å². The fourth-order valence-electron chi connectivity index (χ4n) is 3.01. The molecular formula is C24H18Cl2N4O2S. The molecule has 0 atom stereocenters. The van der Waals surface area contributed by atoms with Gasteiger partial charge in [0.15, 0.2) is 0 Å². The highest BCUT2D eigenvalue weighted by Gasteiger charge is 2.15. The first-order valence-electron chi connectivity index (χ1n) is 9.85. The summed E-state index contributed by atoms with van der Waals surface area (Å²) < 4.78 is 5.18. The molecule has 9 heteroatoms. The van der Waals surface area contributed by atoms with Crippen LogP contribution in [0.4, 0.5) is 5.69 Å². The number of hydrogen-bond donors (Lipinski definition) is 1. The average Bonchev–Trinajstić information content (AvgIpc) is 2.84. The van der Waals surface area contributed by atoms with E-state index in [1.54, 1.807) is 43.5 Å². The van der Waals surface area contributed by atoms with Gasteiger partial charge in [0.25, 0.3) is 0 Å². The number of nitrogens with one attached hydrogen (secondary N) is 1. The van der Waals surface area contributed by atoms with Gasteiger partial charge in [-0.1, -0.05) is 65.3 Å². The molecular weight excluding hydrogens is 479 g/mol. The van der Waals surface area contributed by atoms with Gasteiger partial charge in [-0.05, 0) is 36.4 Å². The van der Waals surface area contributed by atoms with Crippen LogP contribution in [0, 0.1) is 0 Å². The average molecular weight is 497 g/mol. The van der Waals surface area contributed by atoms with Crippen molar-refractivity contribution >= 4 is 46.6 Å². The second-order valence-corrected chi connectivity index (χ2v) is 8.69. The van der Waals surface area contributed by atoms with Crippen molar-refractivity contribution in [1.82, 2.24) is 15.2 Å². The second kappa shape index (κ2) is 10.7. The van der Waals surface area contributed by atoms with Crippen molar-refractivity contribution in [3.63, 3.8) is 0 Å². The van der Waals surface area contributed by atoms with Crippen molar-refractivity contribution < 1.29 is 9.53 Å². The van der Waals surface area contributed by atoms with Crippen LogP contribution in [0.15, 0.2) is 78.0 Å². The third-order valence-electron chi connectivity index (χ3n) is 4.59. The summed E-state index contributed by atoms with van der Waals surface area (Å²) >= 11 is 13.3. The Labute approximate surface area is 205 Å². The van der Waals surface area contributed by atoms with Gasteiger partial charge < -0.3 is 10.1 Å². The van der Waals surface area contributed by atoms with Gasteiger partial charge in [-0.2, -0.15) is 0 Å². The van der Waals surface area contributed by atoms with E-state index in [1.807, 2.05) is 36.4 Å². The van der Waals surface area contributed by atoms with Crippen LogP contribution in [-0.4, -0.2) is 34.0 Å². The number of aromatic nitrogens is 3. The Morgan fingerprint density at radius 1 is 0.909 bits per heavy atom. The highest BCUT2D eigenvalue weighted by molar-refractivity contribution is 7.99. The summed E-state index contributed by atoms with van der Waals surface area (Å²) in [6.45, 7) is 0. The van der Waals surface area contributed by atoms with Crippen LogP contribution < -0.4 is 10.1 Å². The SMILES string of the molecule is COc1cccc(NC(=O)CSc2nnc(-c3ccc(Cl)cc3)c(-c3ccc(Cl)cc3)n2)c1. The van der Waals surface area contributed by atoms with Crippen LogP contribution in [0.5, 0.6) is 5.75 Å². The number of rotatable bonds is 7. The van der Waals surface area contributed by atoms with E-state index in [0.29, 0.717) is 38.0 Å². The first-order chi connectivity index (χ1) is 16.0. The third kappa shape index (κ3) is 6.01. The van der Waals surface area contributed by atoms with Gasteiger partial charge in [-0.15, -0.1) is 10.2 Å². The molecule has 0 saturated carbocycles. The molecule has 1 heterocycles.